The van der Waals surface area contributed by atoms with Gasteiger partial charge in [0, 0.05) is 28.8 Å². The monoisotopic (exact) mass is 480 g/mol. The highest BCUT2D eigenvalue weighted by atomic mass is 35.5. The highest BCUT2D eigenvalue weighted by Crippen LogP contribution is 2.30. The van der Waals surface area contributed by atoms with Crippen LogP contribution < -0.4 is 5.32 Å². The maximum Gasteiger partial charge on any atom is 0.221 e. The second-order valence-electron chi connectivity index (χ2n) is 7.36. The average Bonchev–Trinajstić information content (AvgIpc) is 3.45. The van der Waals surface area contributed by atoms with E-state index in [9.17, 15) is 9.59 Å². The summed E-state index contributed by atoms with van der Waals surface area (Å²) >= 11 is 7.37. The summed E-state index contributed by atoms with van der Waals surface area (Å²) in [5, 5.41) is 12.3. The van der Waals surface area contributed by atoms with E-state index in [1.54, 1.807) is 42.7 Å². The van der Waals surface area contributed by atoms with Crippen LogP contribution in [0.25, 0.3) is 11.4 Å². The van der Waals surface area contributed by atoms with Crippen LogP contribution >= 0.6 is 23.4 Å². The van der Waals surface area contributed by atoms with Crippen LogP contribution in [0, 0.1) is 0 Å². The molecule has 1 atom stereocenters. The maximum absolute atomic E-state index is 13.0. The van der Waals surface area contributed by atoms with Gasteiger partial charge in [0.15, 0.2) is 16.8 Å². The fraction of sp³-hybridized carbons (Fsp3) is 0.167. The lowest BCUT2D eigenvalue weighted by Gasteiger charge is -2.13. The van der Waals surface area contributed by atoms with E-state index in [4.69, 9.17) is 16.0 Å². The number of anilines is 1. The second-order valence-corrected chi connectivity index (χ2v) is 9.11. The maximum atomic E-state index is 13.0. The number of amides is 1. The van der Waals surface area contributed by atoms with Crippen molar-refractivity contribution in [3.8, 4) is 11.4 Å². The van der Waals surface area contributed by atoms with Crippen molar-refractivity contribution < 1.29 is 14.0 Å². The zero-order chi connectivity index (χ0) is 23.4. The van der Waals surface area contributed by atoms with Gasteiger partial charge in [-0.2, -0.15) is 0 Å². The predicted molar refractivity (Wildman–Crippen MR) is 129 cm³/mol. The van der Waals surface area contributed by atoms with Gasteiger partial charge < -0.3 is 9.73 Å². The molecule has 1 N–H and O–H groups in total. The van der Waals surface area contributed by atoms with Crippen molar-refractivity contribution in [1.82, 2.24) is 14.8 Å². The Hall–Kier alpha value is -3.36. The number of nitrogens with one attached hydrogen (secondary N) is 1. The van der Waals surface area contributed by atoms with Gasteiger partial charge in [0.05, 0.1) is 18.1 Å². The van der Waals surface area contributed by atoms with Gasteiger partial charge in [-0.25, -0.2) is 0 Å². The highest BCUT2D eigenvalue weighted by molar-refractivity contribution is 8.00. The van der Waals surface area contributed by atoms with Crippen molar-refractivity contribution in [2.75, 3.05) is 5.32 Å². The van der Waals surface area contributed by atoms with Crippen molar-refractivity contribution in [2.45, 2.75) is 30.8 Å². The molecule has 2 aromatic heterocycles. The zero-order valence-corrected chi connectivity index (χ0v) is 19.6. The molecule has 0 aliphatic rings. The highest BCUT2D eigenvalue weighted by Gasteiger charge is 2.22. The van der Waals surface area contributed by atoms with E-state index < -0.39 is 5.25 Å². The SMILES string of the molecule is CC(=O)Nc1ccc(C(=O)C(C)Sc2nnc(-c3ccc(Cl)cc3)n2Cc2ccco2)cc1. The number of benzene rings is 2. The largest absolute Gasteiger partial charge is 0.467 e. The Morgan fingerprint density at radius 1 is 1.09 bits per heavy atom. The van der Waals surface area contributed by atoms with Gasteiger partial charge in [-0.3, -0.25) is 14.2 Å². The van der Waals surface area contributed by atoms with Crippen molar-refractivity contribution >= 4 is 40.7 Å². The number of nitrogens with zero attached hydrogens (tertiary/aromatic N) is 3. The molecule has 1 amide bonds. The molecule has 0 radical (unpaired) electrons. The quantitative estimate of drug-likeness (QED) is 0.262. The molecule has 0 aliphatic carbocycles. The lowest BCUT2D eigenvalue weighted by atomic mass is 10.1. The Morgan fingerprint density at radius 3 is 2.45 bits per heavy atom. The molecule has 0 spiro atoms. The molecule has 4 rings (SSSR count). The molecule has 2 heterocycles. The van der Waals surface area contributed by atoms with Crippen LogP contribution in [0.4, 0.5) is 5.69 Å². The van der Waals surface area contributed by atoms with Gasteiger partial charge in [-0.1, -0.05) is 23.4 Å². The molecular weight excluding hydrogens is 460 g/mol. The van der Waals surface area contributed by atoms with Crippen LogP contribution in [0.15, 0.2) is 76.5 Å². The summed E-state index contributed by atoms with van der Waals surface area (Å²) < 4.78 is 7.46. The standard InChI is InChI=1S/C24H21ClN4O3S/c1-15(22(31)17-7-11-20(12-8-17)26-16(2)30)33-24-28-27-23(18-5-9-19(25)10-6-18)29(24)14-21-4-3-13-32-21/h3-13,15H,14H2,1-2H3,(H,26,30). The first-order valence-corrected chi connectivity index (χ1v) is 11.5. The number of hydrogen-bond donors (Lipinski definition) is 1. The van der Waals surface area contributed by atoms with E-state index in [1.165, 1.54) is 18.7 Å². The molecule has 0 fully saturated rings. The lowest BCUT2D eigenvalue weighted by molar-refractivity contribution is -0.114. The van der Waals surface area contributed by atoms with Crippen LogP contribution in [0.3, 0.4) is 0 Å². The predicted octanol–water partition coefficient (Wildman–Crippen LogP) is 5.56. The topological polar surface area (TPSA) is 90.0 Å². The third kappa shape index (κ3) is 5.53. The minimum Gasteiger partial charge on any atom is -0.467 e. The third-order valence-electron chi connectivity index (χ3n) is 4.85. The number of furan rings is 1. The molecule has 0 saturated heterocycles. The van der Waals surface area contributed by atoms with Crippen LogP contribution in [0.2, 0.25) is 5.02 Å². The first-order valence-electron chi connectivity index (χ1n) is 10.2. The Labute approximate surface area is 200 Å². The summed E-state index contributed by atoms with van der Waals surface area (Å²) in [6.07, 6.45) is 1.62. The number of hydrogen-bond acceptors (Lipinski definition) is 6. The molecule has 0 bridgehead atoms. The van der Waals surface area contributed by atoms with Gasteiger partial charge in [0.1, 0.15) is 5.76 Å². The minimum absolute atomic E-state index is 0.0463. The summed E-state index contributed by atoms with van der Waals surface area (Å²) in [7, 11) is 0. The molecule has 4 aromatic rings. The van der Waals surface area contributed by atoms with Crippen molar-refractivity contribution in [2.24, 2.45) is 0 Å². The van der Waals surface area contributed by atoms with Gasteiger partial charge in [-0.05, 0) is 67.6 Å². The first kappa shape index (κ1) is 22.8. The summed E-state index contributed by atoms with van der Waals surface area (Å²) in [5.41, 5.74) is 2.06. The number of halogens is 1. The summed E-state index contributed by atoms with van der Waals surface area (Å²) in [5.74, 6) is 1.20. The Bertz CT molecular complexity index is 1250. The molecule has 9 heteroatoms. The molecule has 0 aliphatic heterocycles. The molecule has 2 aromatic carbocycles. The smallest absolute Gasteiger partial charge is 0.221 e. The van der Waals surface area contributed by atoms with E-state index in [1.807, 2.05) is 35.8 Å². The number of carbonyl (C=O) groups is 2. The van der Waals surface area contributed by atoms with E-state index in [0.717, 1.165) is 11.3 Å². The molecule has 168 valence electrons. The number of aromatic nitrogens is 3. The fourth-order valence-electron chi connectivity index (χ4n) is 3.26. The van der Waals surface area contributed by atoms with E-state index in [2.05, 4.69) is 15.5 Å². The molecule has 7 nitrogen and oxygen atoms in total. The Morgan fingerprint density at radius 2 is 1.82 bits per heavy atom. The summed E-state index contributed by atoms with van der Waals surface area (Å²) in [6.45, 7) is 3.70. The fourth-order valence-corrected chi connectivity index (χ4v) is 4.31. The van der Waals surface area contributed by atoms with E-state index in [-0.39, 0.29) is 11.7 Å². The van der Waals surface area contributed by atoms with E-state index >= 15 is 0 Å². The van der Waals surface area contributed by atoms with Crippen molar-refractivity contribution in [1.29, 1.82) is 0 Å². The molecular formula is C24H21ClN4O3S. The number of carbonyl (C=O) groups excluding carboxylic acids is 2. The number of ketones is 1. The second kappa shape index (κ2) is 10.1. The molecule has 0 saturated carbocycles. The van der Waals surface area contributed by atoms with Gasteiger partial charge in [-0.15, -0.1) is 10.2 Å². The van der Waals surface area contributed by atoms with Gasteiger partial charge in [0.25, 0.3) is 0 Å². The normalized spacial score (nSPS) is 11.8. The van der Waals surface area contributed by atoms with E-state index in [0.29, 0.717) is 33.8 Å². The van der Waals surface area contributed by atoms with Crippen molar-refractivity contribution in [3.63, 3.8) is 0 Å². The molecule has 1 unspecified atom stereocenters. The third-order valence-corrected chi connectivity index (χ3v) is 6.19. The first-order chi connectivity index (χ1) is 15.9. The Kier molecular flexibility index (Phi) is 6.96. The number of rotatable bonds is 8. The van der Waals surface area contributed by atoms with Gasteiger partial charge in [0.2, 0.25) is 5.91 Å². The summed E-state index contributed by atoms with van der Waals surface area (Å²) in [4.78, 5) is 24.2. The van der Waals surface area contributed by atoms with Crippen molar-refractivity contribution in [3.05, 3.63) is 83.3 Å². The van der Waals surface area contributed by atoms with Crippen LogP contribution in [-0.2, 0) is 11.3 Å². The van der Waals surface area contributed by atoms with Crippen LogP contribution in [0.1, 0.15) is 30.0 Å². The van der Waals surface area contributed by atoms with Crippen LogP contribution in [-0.4, -0.2) is 31.7 Å². The lowest BCUT2D eigenvalue weighted by Crippen LogP contribution is -2.15. The number of thioether (sulfide) groups is 1. The average molecular weight is 481 g/mol. The zero-order valence-electron chi connectivity index (χ0n) is 18.0. The summed E-state index contributed by atoms with van der Waals surface area (Å²) in [6, 6.07) is 17.9. The number of Topliss-reactive ketones (excluding diaryl/α,β-unsaturated/α-hetero) is 1. The molecule has 33 heavy (non-hydrogen) atoms. The Balaban J connectivity index is 1.58. The van der Waals surface area contributed by atoms with Crippen LogP contribution in [0.5, 0.6) is 0 Å². The minimum atomic E-state index is -0.408. The van der Waals surface area contributed by atoms with Gasteiger partial charge >= 0.3 is 0 Å².